The van der Waals surface area contributed by atoms with Crippen LogP contribution in [-0.2, 0) is 11.2 Å². The minimum absolute atomic E-state index is 0.0132. The molecular formula is C26H36N4O3. The number of anilines is 1. The molecule has 33 heavy (non-hydrogen) atoms. The normalized spacial score (nSPS) is 19.5. The van der Waals surface area contributed by atoms with E-state index in [9.17, 15) is 4.79 Å². The molecule has 1 aliphatic carbocycles. The smallest absolute Gasteiger partial charge is 0.248 e. The average molecular weight is 453 g/mol. The lowest BCUT2D eigenvalue weighted by Crippen LogP contribution is -2.57. The summed E-state index contributed by atoms with van der Waals surface area (Å²) in [7, 11) is 3.41. The van der Waals surface area contributed by atoms with Gasteiger partial charge in [-0.25, -0.2) is 5.43 Å². The molecule has 1 heterocycles. The van der Waals surface area contributed by atoms with Crippen molar-refractivity contribution >= 4 is 11.6 Å². The van der Waals surface area contributed by atoms with Crippen molar-refractivity contribution in [1.82, 2.24) is 15.8 Å². The molecule has 1 saturated carbocycles. The van der Waals surface area contributed by atoms with Crippen LogP contribution in [0.3, 0.4) is 0 Å². The molecule has 7 heteroatoms. The molecule has 0 spiro atoms. The SMILES string of the molecule is CNNC(=O)CN1CCN(c2ccc(OC)c(OC3CCCC3)c2)C[C@@H]1Cc1ccccc1. The Hall–Kier alpha value is -2.77. The second-order valence-electron chi connectivity index (χ2n) is 8.92. The summed E-state index contributed by atoms with van der Waals surface area (Å²) < 4.78 is 11.9. The maximum atomic E-state index is 12.3. The predicted octanol–water partition coefficient (Wildman–Crippen LogP) is 3.00. The summed E-state index contributed by atoms with van der Waals surface area (Å²) in [5, 5.41) is 0. The first-order valence-corrected chi connectivity index (χ1v) is 12.0. The van der Waals surface area contributed by atoms with Gasteiger partial charge < -0.3 is 14.4 Å². The summed E-state index contributed by atoms with van der Waals surface area (Å²) in [6.45, 7) is 2.90. The molecule has 1 atom stereocenters. The Morgan fingerprint density at radius 2 is 1.85 bits per heavy atom. The van der Waals surface area contributed by atoms with E-state index in [1.165, 1.54) is 18.4 Å². The summed E-state index contributed by atoms with van der Waals surface area (Å²) in [5.41, 5.74) is 7.86. The van der Waals surface area contributed by atoms with Gasteiger partial charge in [0.1, 0.15) is 0 Å². The van der Waals surface area contributed by atoms with Crippen LogP contribution in [0, 0.1) is 0 Å². The van der Waals surface area contributed by atoms with E-state index >= 15 is 0 Å². The Kier molecular flexibility index (Phi) is 8.07. The molecule has 0 aromatic heterocycles. The van der Waals surface area contributed by atoms with Gasteiger partial charge in [0.15, 0.2) is 11.5 Å². The number of amides is 1. The number of hydrazine groups is 1. The number of carbonyl (C=O) groups is 1. The number of rotatable bonds is 9. The van der Waals surface area contributed by atoms with Crippen LogP contribution in [0.4, 0.5) is 5.69 Å². The Morgan fingerprint density at radius 1 is 1.06 bits per heavy atom. The Balaban J connectivity index is 1.51. The van der Waals surface area contributed by atoms with E-state index in [0.717, 1.165) is 56.1 Å². The van der Waals surface area contributed by atoms with Gasteiger partial charge in [-0.05, 0) is 49.8 Å². The first-order chi connectivity index (χ1) is 16.2. The summed E-state index contributed by atoms with van der Waals surface area (Å²) >= 11 is 0. The number of piperazine rings is 1. The molecule has 178 valence electrons. The first-order valence-electron chi connectivity index (χ1n) is 12.0. The van der Waals surface area contributed by atoms with Crippen molar-refractivity contribution in [1.29, 1.82) is 0 Å². The lowest BCUT2D eigenvalue weighted by atomic mass is 10.0. The van der Waals surface area contributed by atoms with Gasteiger partial charge in [0.25, 0.3) is 0 Å². The molecule has 2 aromatic carbocycles. The molecule has 1 amide bonds. The highest BCUT2D eigenvalue weighted by molar-refractivity contribution is 5.77. The minimum atomic E-state index is -0.0132. The maximum Gasteiger partial charge on any atom is 0.248 e. The van der Waals surface area contributed by atoms with Crippen LogP contribution in [0.2, 0.25) is 0 Å². The van der Waals surface area contributed by atoms with Gasteiger partial charge in [-0.1, -0.05) is 30.3 Å². The molecule has 0 unspecified atom stereocenters. The largest absolute Gasteiger partial charge is 0.493 e. The molecular weight excluding hydrogens is 416 g/mol. The Morgan fingerprint density at radius 3 is 2.58 bits per heavy atom. The van der Waals surface area contributed by atoms with E-state index in [1.54, 1.807) is 14.2 Å². The van der Waals surface area contributed by atoms with E-state index < -0.39 is 0 Å². The molecule has 1 saturated heterocycles. The highest BCUT2D eigenvalue weighted by atomic mass is 16.5. The van der Waals surface area contributed by atoms with Crippen molar-refractivity contribution in [2.45, 2.75) is 44.2 Å². The molecule has 2 fully saturated rings. The standard InChI is InChI=1S/C26H36N4O3/c1-27-28-26(31)19-30-15-14-29(18-22(30)16-20-8-4-3-5-9-20)21-12-13-24(32-2)25(17-21)33-23-10-6-7-11-23/h3-5,8-9,12-13,17,22-23,27H,6-7,10-11,14-16,18-19H2,1-2H3,(H,28,31)/t22-/m0/s1. The highest BCUT2D eigenvalue weighted by Crippen LogP contribution is 2.35. The third-order valence-electron chi connectivity index (χ3n) is 6.64. The van der Waals surface area contributed by atoms with E-state index in [4.69, 9.17) is 9.47 Å². The third-order valence-corrected chi connectivity index (χ3v) is 6.64. The van der Waals surface area contributed by atoms with Crippen LogP contribution in [0.1, 0.15) is 31.2 Å². The number of nitrogens with zero attached hydrogens (tertiary/aromatic N) is 2. The second kappa shape index (κ2) is 11.4. The number of ether oxygens (including phenoxy) is 2. The number of hydrogen-bond donors (Lipinski definition) is 2. The quantitative estimate of drug-likeness (QED) is 0.571. The molecule has 0 radical (unpaired) electrons. The van der Waals surface area contributed by atoms with Crippen LogP contribution in [0.5, 0.6) is 11.5 Å². The van der Waals surface area contributed by atoms with Gasteiger partial charge in [-0.15, -0.1) is 0 Å². The van der Waals surface area contributed by atoms with E-state index in [-0.39, 0.29) is 18.1 Å². The van der Waals surface area contributed by atoms with Gasteiger partial charge in [0.2, 0.25) is 5.91 Å². The predicted molar refractivity (Wildman–Crippen MR) is 131 cm³/mol. The van der Waals surface area contributed by atoms with Crippen molar-refractivity contribution in [3.05, 3.63) is 54.1 Å². The number of methoxy groups -OCH3 is 1. The van der Waals surface area contributed by atoms with Gasteiger partial charge in [-0.2, -0.15) is 0 Å². The molecule has 7 nitrogen and oxygen atoms in total. The number of benzene rings is 2. The summed E-state index contributed by atoms with van der Waals surface area (Å²) in [4.78, 5) is 17.0. The van der Waals surface area contributed by atoms with Crippen molar-refractivity contribution in [3.8, 4) is 11.5 Å². The van der Waals surface area contributed by atoms with E-state index in [0.29, 0.717) is 6.54 Å². The molecule has 0 bridgehead atoms. The van der Waals surface area contributed by atoms with Gasteiger partial charge in [0, 0.05) is 44.5 Å². The lowest BCUT2D eigenvalue weighted by Gasteiger charge is -2.42. The molecule has 2 N–H and O–H groups in total. The zero-order valence-corrected chi connectivity index (χ0v) is 19.8. The molecule has 2 aliphatic rings. The minimum Gasteiger partial charge on any atom is -0.493 e. The van der Waals surface area contributed by atoms with Crippen molar-refractivity contribution in [2.24, 2.45) is 0 Å². The van der Waals surface area contributed by atoms with E-state index in [1.807, 2.05) is 12.1 Å². The van der Waals surface area contributed by atoms with Crippen LogP contribution < -0.4 is 25.2 Å². The van der Waals surface area contributed by atoms with Crippen LogP contribution in [0.15, 0.2) is 48.5 Å². The van der Waals surface area contributed by atoms with Crippen molar-refractivity contribution in [3.63, 3.8) is 0 Å². The highest BCUT2D eigenvalue weighted by Gasteiger charge is 2.29. The lowest BCUT2D eigenvalue weighted by molar-refractivity contribution is -0.123. The monoisotopic (exact) mass is 452 g/mol. The van der Waals surface area contributed by atoms with Crippen molar-refractivity contribution < 1.29 is 14.3 Å². The fourth-order valence-corrected chi connectivity index (χ4v) is 4.92. The second-order valence-corrected chi connectivity index (χ2v) is 8.92. The summed E-state index contributed by atoms with van der Waals surface area (Å²) in [5.74, 6) is 1.60. The van der Waals surface area contributed by atoms with Gasteiger partial charge >= 0.3 is 0 Å². The van der Waals surface area contributed by atoms with Gasteiger partial charge in [0.05, 0.1) is 19.8 Å². The average Bonchev–Trinajstić information content (AvgIpc) is 3.34. The molecule has 2 aromatic rings. The fraction of sp³-hybridized carbons (Fsp3) is 0.500. The van der Waals surface area contributed by atoms with Crippen LogP contribution >= 0.6 is 0 Å². The number of hydrogen-bond acceptors (Lipinski definition) is 6. The zero-order valence-electron chi connectivity index (χ0n) is 19.8. The van der Waals surface area contributed by atoms with Crippen molar-refractivity contribution in [2.75, 3.05) is 45.2 Å². The number of nitrogens with one attached hydrogen (secondary N) is 2. The van der Waals surface area contributed by atoms with Gasteiger partial charge in [-0.3, -0.25) is 15.1 Å². The zero-order chi connectivity index (χ0) is 23.0. The Labute approximate surface area is 197 Å². The molecule has 1 aliphatic heterocycles. The summed E-state index contributed by atoms with van der Waals surface area (Å²) in [6, 6.07) is 17.0. The number of carbonyl (C=O) groups excluding carboxylic acids is 1. The Bertz CT molecular complexity index is 902. The van der Waals surface area contributed by atoms with Crippen LogP contribution in [0.25, 0.3) is 0 Å². The first kappa shape index (κ1) is 23.4. The third kappa shape index (κ3) is 6.18. The topological polar surface area (TPSA) is 66.1 Å². The van der Waals surface area contributed by atoms with E-state index in [2.05, 4.69) is 57.0 Å². The summed E-state index contributed by atoms with van der Waals surface area (Å²) in [6.07, 6.45) is 5.86. The fourth-order valence-electron chi connectivity index (χ4n) is 4.92. The van der Waals surface area contributed by atoms with Crippen LogP contribution in [-0.4, -0.2) is 63.3 Å². The molecule has 4 rings (SSSR count). The maximum absolute atomic E-state index is 12.3.